The first-order chi connectivity index (χ1) is 7.63. The standard InChI is InChI=1S/C14H30O2/c1-13(2)15-11-9-7-5-6-8-10-12-16-14(3)4/h13-14H,5-12H2,1-4H3. The third-order valence-electron chi connectivity index (χ3n) is 2.44. The zero-order valence-corrected chi connectivity index (χ0v) is 11.6. The molecule has 0 aromatic heterocycles. The van der Waals surface area contributed by atoms with E-state index < -0.39 is 0 Å². The maximum Gasteiger partial charge on any atom is 0.0518 e. The molecule has 0 N–H and O–H groups in total. The lowest BCUT2D eigenvalue weighted by atomic mass is 10.1. The Hall–Kier alpha value is -0.0800. The van der Waals surface area contributed by atoms with Gasteiger partial charge in [0.05, 0.1) is 12.2 Å². The zero-order chi connectivity index (χ0) is 12.2. The molecule has 0 aliphatic heterocycles. The van der Waals surface area contributed by atoms with Gasteiger partial charge >= 0.3 is 0 Å². The van der Waals surface area contributed by atoms with Crippen molar-refractivity contribution in [2.75, 3.05) is 13.2 Å². The van der Waals surface area contributed by atoms with Gasteiger partial charge in [-0.1, -0.05) is 25.7 Å². The minimum absolute atomic E-state index is 0.383. The maximum absolute atomic E-state index is 5.49. The number of ether oxygens (including phenoxy) is 2. The van der Waals surface area contributed by atoms with Crippen molar-refractivity contribution in [1.82, 2.24) is 0 Å². The van der Waals surface area contributed by atoms with Crippen LogP contribution in [0.4, 0.5) is 0 Å². The molecule has 2 nitrogen and oxygen atoms in total. The topological polar surface area (TPSA) is 18.5 Å². The molecular weight excluding hydrogens is 200 g/mol. The van der Waals surface area contributed by atoms with Crippen molar-refractivity contribution in [3.63, 3.8) is 0 Å². The Kier molecular flexibility index (Phi) is 11.3. The van der Waals surface area contributed by atoms with E-state index in [1.165, 1.54) is 38.5 Å². The number of hydrogen-bond donors (Lipinski definition) is 0. The molecule has 0 saturated heterocycles. The van der Waals surface area contributed by atoms with Crippen LogP contribution < -0.4 is 0 Å². The van der Waals surface area contributed by atoms with Crippen LogP contribution in [-0.2, 0) is 9.47 Å². The van der Waals surface area contributed by atoms with Gasteiger partial charge in [-0.15, -0.1) is 0 Å². The van der Waals surface area contributed by atoms with E-state index in [4.69, 9.17) is 9.47 Å². The Bertz CT molecular complexity index is 117. The molecule has 0 atom stereocenters. The molecule has 0 unspecified atom stereocenters. The van der Waals surface area contributed by atoms with Crippen molar-refractivity contribution >= 4 is 0 Å². The first kappa shape index (κ1) is 15.9. The molecule has 0 fully saturated rings. The second-order valence-electron chi connectivity index (χ2n) is 4.96. The molecule has 0 spiro atoms. The molecule has 2 heteroatoms. The van der Waals surface area contributed by atoms with Gasteiger partial charge in [-0.25, -0.2) is 0 Å². The molecule has 0 bridgehead atoms. The third-order valence-corrected chi connectivity index (χ3v) is 2.44. The van der Waals surface area contributed by atoms with Crippen molar-refractivity contribution in [2.24, 2.45) is 0 Å². The number of hydrogen-bond acceptors (Lipinski definition) is 2. The van der Waals surface area contributed by atoms with E-state index in [0.29, 0.717) is 12.2 Å². The first-order valence-corrected chi connectivity index (χ1v) is 6.86. The summed E-state index contributed by atoms with van der Waals surface area (Å²) in [6.07, 6.45) is 8.46. The van der Waals surface area contributed by atoms with Crippen LogP contribution in [0.5, 0.6) is 0 Å². The average Bonchev–Trinajstić information content (AvgIpc) is 2.20. The first-order valence-electron chi connectivity index (χ1n) is 6.86. The van der Waals surface area contributed by atoms with Crippen molar-refractivity contribution in [3.05, 3.63) is 0 Å². The predicted octanol–water partition coefficient (Wildman–Crippen LogP) is 4.18. The predicted molar refractivity (Wildman–Crippen MR) is 69.9 cm³/mol. The van der Waals surface area contributed by atoms with Gasteiger partial charge in [-0.3, -0.25) is 0 Å². The molecule has 0 rings (SSSR count). The van der Waals surface area contributed by atoms with E-state index in [0.717, 1.165) is 13.2 Å². The van der Waals surface area contributed by atoms with Gasteiger partial charge in [0, 0.05) is 13.2 Å². The Balaban J connectivity index is 2.93. The monoisotopic (exact) mass is 230 g/mol. The van der Waals surface area contributed by atoms with E-state index in [-0.39, 0.29) is 0 Å². The highest BCUT2D eigenvalue weighted by molar-refractivity contribution is 4.47. The fourth-order valence-corrected chi connectivity index (χ4v) is 1.55. The molecule has 0 radical (unpaired) electrons. The van der Waals surface area contributed by atoms with Crippen LogP contribution in [0.25, 0.3) is 0 Å². The van der Waals surface area contributed by atoms with Crippen LogP contribution in [0.3, 0.4) is 0 Å². The highest BCUT2D eigenvalue weighted by Gasteiger charge is 1.95. The van der Waals surface area contributed by atoms with Crippen LogP contribution in [0, 0.1) is 0 Å². The normalized spacial score (nSPS) is 11.6. The van der Waals surface area contributed by atoms with Crippen molar-refractivity contribution in [3.8, 4) is 0 Å². The molecule has 98 valence electrons. The number of unbranched alkanes of at least 4 members (excludes halogenated alkanes) is 5. The van der Waals surface area contributed by atoms with Crippen molar-refractivity contribution < 1.29 is 9.47 Å². The molecule has 0 aromatic carbocycles. The lowest BCUT2D eigenvalue weighted by molar-refractivity contribution is 0.0735. The Morgan fingerprint density at radius 1 is 0.562 bits per heavy atom. The summed E-state index contributed by atoms with van der Waals surface area (Å²) in [5, 5.41) is 0. The quantitative estimate of drug-likeness (QED) is 0.496. The summed E-state index contributed by atoms with van der Waals surface area (Å²) in [4.78, 5) is 0. The smallest absolute Gasteiger partial charge is 0.0518 e. The van der Waals surface area contributed by atoms with E-state index in [2.05, 4.69) is 27.7 Å². The van der Waals surface area contributed by atoms with Crippen molar-refractivity contribution in [1.29, 1.82) is 0 Å². The van der Waals surface area contributed by atoms with Gasteiger partial charge in [0.1, 0.15) is 0 Å². The molecular formula is C14H30O2. The van der Waals surface area contributed by atoms with Gasteiger partial charge in [-0.2, -0.15) is 0 Å². The molecule has 0 amide bonds. The summed E-state index contributed by atoms with van der Waals surface area (Å²) >= 11 is 0. The summed E-state index contributed by atoms with van der Waals surface area (Å²) in [6.45, 7) is 10.2. The van der Waals surface area contributed by atoms with E-state index in [1.54, 1.807) is 0 Å². The molecule has 16 heavy (non-hydrogen) atoms. The van der Waals surface area contributed by atoms with Gasteiger partial charge in [0.25, 0.3) is 0 Å². The minimum Gasteiger partial charge on any atom is -0.379 e. The molecule has 0 saturated carbocycles. The molecule has 0 aromatic rings. The Labute approximate surface area is 102 Å². The molecule has 0 aliphatic carbocycles. The second-order valence-corrected chi connectivity index (χ2v) is 4.96. The minimum atomic E-state index is 0.383. The van der Waals surface area contributed by atoms with Gasteiger partial charge in [-0.05, 0) is 40.5 Å². The van der Waals surface area contributed by atoms with Crippen LogP contribution >= 0.6 is 0 Å². The Morgan fingerprint density at radius 2 is 0.875 bits per heavy atom. The maximum atomic E-state index is 5.49. The Morgan fingerprint density at radius 3 is 1.19 bits per heavy atom. The lowest BCUT2D eigenvalue weighted by Crippen LogP contribution is -2.04. The SMILES string of the molecule is CC(C)OCCCCCCCCOC(C)C. The third kappa shape index (κ3) is 13.9. The highest BCUT2D eigenvalue weighted by atomic mass is 16.5. The van der Waals surface area contributed by atoms with Gasteiger partial charge < -0.3 is 9.47 Å². The second kappa shape index (κ2) is 11.4. The largest absolute Gasteiger partial charge is 0.379 e. The summed E-state index contributed by atoms with van der Waals surface area (Å²) in [6, 6.07) is 0. The summed E-state index contributed by atoms with van der Waals surface area (Å²) in [5.74, 6) is 0. The summed E-state index contributed by atoms with van der Waals surface area (Å²) in [5.41, 5.74) is 0. The van der Waals surface area contributed by atoms with Gasteiger partial charge in [0.2, 0.25) is 0 Å². The number of rotatable bonds is 11. The van der Waals surface area contributed by atoms with Crippen LogP contribution in [-0.4, -0.2) is 25.4 Å². The van der Waals surface area contributed by atoms with Crippen molar-refractivity contribution in [2.45, 2.75) is 78.4 Å². The fraction of sp³-hybridized carbons (Fsp3) is 1.00. The molecule has 0 heterocycles. The fourth-order valence-electron chi connectivity index (χ4n) is 1.55. The summed E-state index contributed by atoms with van der Waals surface area (Å²) in [7, 11) is 0. The van der Waals surface area contributed by atoms with Crippen LogP contribution in [0.15, 0.2) is 0 Å². The highest BCUT2D eigenvalue weighted by Crippen LogP contribution is 2.06. The molecule has 0 aliphatic rings. The van der Waals surface area contributed by atoms with E-state index in [9.17, 15) is 0 Å². The van der Waals surface area contributed by atoms with Crippen LogP contribution in [0.1, 0.15) is 66.2 Å². The summed E-state index contributed by atoms with van der Waals surface area (Å²) < 4.78 is 11.0. The average molecular weight is 230 g/mol. The zero-order valence-electron chi connectivity index (χ0n) is 11.6. The van der Waals surface area contributed by atoms with E-state index >= 15 is 0 Å². The van der Waals surface area contributed by atoms with Gasteiger partial charge in [0.15, 0.2) is 0 Å². The van der Waals surface area contributed by atoms with E-state index in [1.807, 2.05) is 0 Å². The lowest BCUT2D eigenvalue weighted by Gasteiger charge is -2.08. The van der Waals surface area contributed by atoms with Crippen LogP contribution in [0.2, 0.25) is 0 Å².